The largest absolute Gasteiger partial charge is 0.352 e. The molecule has 0 bridgehead atoms. The SMILES string of the molecule is CC(CS(C)=O)NC(=O)C(C)CN. The second kappa shape index (κ2) is 6.10. The van der Waals surface area contributed by atoms with Gasteiger partial charge in [-0.3, -0.25) is 9.00 Å². The molecule has 78 valence electrons. The van der Waals surface area contributed by atoms with Gasteiger partial charge in [-0.25, -0.2) is 0 Å². The van der Waals surface area contributed by atoms with Crippen LogP contribution in [-0.2, 0) is 15.6 Å². The molecular weight excluding hydrogens is 188 g/mol. The minimum atomic E-state index is -0.873. The topological polar surface area (TPSA) is 72.2 Å². The predicted octanol–water partition coefficient (Wildman–Crippen LogP) is -0.536. The van der Waals surface area contributed by atoms with E-state index < -0.39 is 10.8 Å². The van der Waals surface area contributed by atoms with Crippen LogP contribution in [0.15, 0.2) is 0 Å². The smallest absolute Gasteiger partial charge is 0.224 e. The van der Waals surface area contributed by atoms with Crippen LogP contribution in [0.4, 0.5) is 0 Å². The number of nitrogens with one attached hydrogen (secondary N) is 1. The first-order valence-corrected chi connectivity index (χ1v) is 6.00. The molecule has 0 heterocycles. The van der Waals surface area contributed by atoms with Gasteiger partial charge in [-0.2, -0.15) is 0 Å². The van der Waals surface area contributed by atoms with Gasteiger partial charge < -0.3 is 11.1 Å². The number of amides is 1. The predicted molar refractivity (Wildman–Crippen MR) is 54.8 cm³/mol. The highest BCUT2D eigenvalue weighted by atomic mass is 32.2. The lowest BCUT2D eigenvalue weighted by molar-refractivity contribution is -0.124. The summed E-state index contributed by atoms with van der Waals surface area (Å²) >= 11 is 0. The molecule has 0 aliphatic heterocycles. The summed E-state index contributed by atoms with van der Waals surface area (Å²) in [7, 11) is -0.873. The first kappa shape index (κ1) is 12.6. The number of rotatable bonds is 5. The molecule has 13 heavy (non-hydrogen) atoms. The molecule has 0 aromatic heterocycles. The van der Waals surface area contributed by atoms with E-state index in [2.05, 4.69) is 5.32 Å². The zero-order chi connectivity index (χ0) is 10.4. The molecule has 4 nitrogen and oxygen atoms in total. The summed E-state index contributed by atoms with van der Waals surface area (Å²) in [5.74, 6) is 0.247. The second-order valence-electron chi connectivity index (χ2n) is 3.29. The van der Waals surface area contributed by atoms with Crippen molar-refractivity contribution < 1.29 is 9.00 Å². The number of nitrogens with two attached hydrogens (primary N) is 1. The molecule has 5 heteroatoms. The number of carbonyl (C=O) groups excluding carboxylic acids is 1. The first-order chi connectivity index (χ1) is 5.97. The van der Waals surface area contributed by atoms with Crippen molar-refractivity contribution in [1.29, 1.82) is 0 Å². The highest BCUT2D eigenvalue weighted by Crippen LogP contribution is 1.93. The van der Waals surface area contributed by atoms with E-state index in [9.17, 15) is 9.00 Å². The van der Waals surface area contributed by atoms with Crippen molar-refractivity contribution in [1.82, 2.24) is 5.32 Å². The molecule has 3 unspecified atom stereocenters. The van der Waals surface area contributed by atoms with Gasteiger partial charge in [0.1, 0.15) is 0 Å². The Balaban J connectivity index is 3.84. The summed E-state index contributed by atoms with van der Waals surface area (Å²) < 4.78 is 10.8. The van der Waals surface area contributed by atoms with Gasteiger partial charge in [-0.15, -0.1) is 0 Å². The van der Waals surface area contributed by atoms with Gasteiger partial charge in [0.2, 0.25) is 5.91 Å². The highest BCUT2D eigenvalue weighted by molar-refractivity contribution is 7.84. The van der Waals surface area contributed by atoms with E-state index in [1.54, 1.807) is 13.2 Å². The van der Waals surface area contributed by atoms with Crippen molar-refractivity contribution >= 4 is 16.7 Å². The third kappa shape index (κ3) is 5.76. The molecule has 0 aromatic carbocycles. The average Bonchev–Trinajstić information content (AvgIpc) is 2.01. The van der Waals surface area contributed by atoms with Crippen LogP contribution in [0.5, 0.6) is 0 Å². The van der Waals surface area contributed by atoms with Crippen LogP contribution >= 0.6 is 0 Å². The summed E-state index contributed by atoms with van der Waals surface area (Å²) in [5.41, 5.74) is 5.33. The van der Waals surface area contributed by atoms with E-state index in [1.165, 1.54) is 0 Å². The zero-order valence-electron chi connectivity index (χ0n) is 8.37. The van der Waals surface area contributed by atoms with Crippen LogP contribution in [0.1, 0.15) is 13.8 Å². The third-order valence-electron chi connectivity index (χ3n) is 1.67. The fourth-order valence-electron chi connectivity index (χ4n) is 0.886. The Kier molecular flexibility index (Phi) is 5.90. The van der Waals surface area contributed by atoms with Gasteiger partial charge in [0.25, 0.3) is 0 Å². The van der Waals surface area contributed by atoms with E-state index in [1.807, 2.05) is 6.92 Å². The molecule has 3 N–H and O–H groups in total. The Morgan fingerprint density at radius 3 is 2.46 bits per heavy atom. The minimum Gasteiger partial charge on any atom is -0.352 e. The summed E-state index contributed by atoms with van der Waals surface area (Å²) in [4.78, 5) is 11.3. The highest BCUT2D eigenvalue weighted by Gasteiger charge is 2.13. The average molecular weight is 206 g/mol. The number of carbonyl (C=O) groups is 1. The van der Waals surface area contributed by atoms with Crippen LogP contribution in [0.2, 0.25) is 0 Å². The van der Waals surface area contributed by atoms with Gasteiger partial charge in [-0.1, -0.05) is 6.92 Å². The normalized spacial score (nSPS) is 17.5. The van der Waals surface area contributed by atoms with Crippen LogP contribution in [0.3, 0.4) is 0 Å². The van der Waals surface area contributed by atoms with E-state index in [-0.39, 0.29) is 17.9 Å². The fraction of sp³-hybridized carbons (Fsp3) is 0.875. The van der Waals surface area contributed by atoms with Crippen LogP contribution in [0.25, 0.3) is 0 Å². The summed E-state index contributed by atoms with van der Waals surface area (Å²) in [5, 5.41) is 2.75. The van der Waals surface area contributed by atoms with Crippen molar-refractivity contribution in [2.75, 3.05) is 18.6 Å². The Labute approximate surface area is 81.7 Å². The Morgan fingerprint density at radius 1 is 1.54 bits per heavy atom. The third-order valence-corrected chi connectivity index (χ3v) is 2.64. The Hall–Kier alpha value is -0.420. The summed E-state index contributed by atoms with van der Waals surface area (Å²) in [6.45, 7) is 3.95. The molecular formula is C8H18N2O2S. The minimum absolute atomic E-state index is 0.0488. The van der Waals surface area contributed by atoms with E-state index in [4.69, 9.17) is 5.73 Å². The lowest BCUT2D eigenvalue weighted by Crippen LogP contribution is -2.41. The van der Waals surface area contributed by atoms with Gasteiger partial charge in [-0.05, 0) is 6.92 Å². The first-order valence-electron chi connectivity index (χ1n) is 4.27. The second-order valence-corrected chi connectivity index (χ2v) is 4.77. The fourth-order valence-corrected chi connectivity index (χ4v) is 1.67. The quantitative estimate of drug-likeness (QED) is 0.635. The number of hydrogen-bond donors (Lipinski definition) is 2. The molecule has 0 aliphatic carbocycles. The Morgan fingerprint density at radius 2 is 2.08 bits per heavy atom. The Bertz CT molecular complexity index is 197. The lowest BCUT2D eigenvalue weighted by atomic mass is 10.1. The van der Waals surface area contributed by atoms with Gasteiger partial charge in [0, 0.05) is 41.3 Å². The van der Waals surface area contributed by atoms with Crippen molar-refractivity contribution in [3.63, 3.8) is 0 Å². The molecule has 1 amide bonds. The maximum Gasteiger partial charge on any atom is 0.224 e. The van der Waals surface area contributed by atoms with E-state index >= 15 is 0 Å². The maximum absolute atomic E-state index is 11.3. The van der Waals surface area contributed by atoms with Crippen molar-refractivity contribution in [2.45, 2.75) is 19.9 Å². The van der Waals surface area contributed by atoms with E-state index in [0.717, 1.165) is 0 Å². The molecule has 0 saturated heterocycles. The molecule has 0 spiro atoms. The lowest BCUT2D eigenvalue weighted by Gasteiger charge is -2.15. The summed E-state index contributed by atoms with van der Waals surface area (Å²) in [6.07, 6.45) is 1.62. The van der Waals surface area contributed by atoms with E-state index in [0.29, 0.717) is 12.3 Å². The molecule has 0 aromatic rings. The maximum atomic E-state index is 11.3. The molecule has 0 radical (unpaired) electrons. The van der Waals surface area contributed by atoms with Crippen molar-refractivity contribution in [2.24, 2.45) is 11.7 Å². The van der Waals surface area contributed by atoms with Gasteiger partial charge >= 0.3 is 0 Å². The number of hydrogen-bond acceptors (Lipinski definition) is 3. The molecule has 3 atom stereocenters. The standard InChI is InChI=1S/C8H18N2O2S/c1-6(4-9)8(11)10-7(2)5-13(3)12/h6-7H,4-5,9H2,1-3H3,(H,10,11). The summed E-state index contributed by atoms with van der Waals surface area (Å²) in [6, 6.07) is -0.0488. The van der Waals surface area contributed by atoms with Crippen LogP contribution in [0, 0.1) is 5.92 Å². The van der Waals surface area contributed by atoms with Crippen LogP contribution < -0.4 is 11.1 Å². The zero-order valence-corrected chi connectivity index (χ0v) is 9.19. The van der Waals surface area contributed by atoms with Crippen LogP contribution in [-0.4, -0.2) is 34.7 Å². The molecule has 0 fully saturated rings. The molecule has 0 rings (SSSR count). The van der Waals surface area contributed by atoms with Crippen molar-refractivity contribution in [3.05, 3.63) is 0 Å². The van der Waals surface area contributed by atoms with Gasteiger partial charge in [0.05, 0.1) is 0 Å². The molecule has 0 saturated carbocycles. The van der Waals surface area contributed by atoms with Crippen molar-refractivity contribution in [3.8, 4) is 0 Å². The van der Waals surface area contributed by atoms with Gasteiger partial charge in [0.15, 0.2) is 0 Å². The molecule has 0 aliphatic rings. The monoisotopic (exact) mass is 206 g/mol.